The molecule has 0 radical (unpaired) electrons. The van der Waals surface area contributed by atoms with Gasteiger partial charge in [-0.1, -0.05) is 13.0 Å². The van der Waals surface area contributed by atoms with E-state index in [2.05, 4.69) is 15.9 Å². The summed E-state index contributed by atoms with van der Waals surface area (Å²) in [6, 6.07) is 4.44. The summed E-state index contributed by atoms with van der Waals surface area (Å²) in [4.78, 5) is 11.8. The van der Waals surface area contributed by atoms with E-state index in [4.69, 9.17) is 0 Å². The fourth-order valence-electron chi connectivity index (χ4n) is 1.13. The topological polar surface area (TPSA) is 37.3 Å². The summed E-state index contributed by atoms with van der Waals surface area (Å²) < 4.78 is 13.8. The number of halogens is 2. The van der Waals surface area contributed by atoms with Crippen LogP contribution in [-0.2, 0) is 0 Å². The molecule has 1 rings (SSSR count). The van der Waals surface area contributed by atoms with Crippen LogP contribution in [0.25, 0.3) is 0 Å². The zero-order valence-corrected chi connectivity index (χ0v) is 10.1. The average molecular weight is 275 g/mol. The zero-order chi connectivity index (χ0) is 11.6. The predicted molar refractivity (Wildman–Crippen MR) is 59.3 cm³/mol. The van der Waals surface area contributed by atoms with Gasteiger partial charge in [0, 0.05) is 0 Å². The van der Waals surface area contributed by atoms with Gasteiger partial charge in [0.2, 0.25) is 0 Å². The maximum absolute atomic E-state index is 13.5. The van der Waals surface area contributed by atoms with Crippen LogP contribution in [0.5, 0.6) is 0 Å². The molecule has 0 fully saturated rings. The zero-order valence-electron chi connectivity index (χ0n) is 8.55. The summed E-state index contributed by atoms with van der Waals surface area (Å²) in [5, 5.41) is 9.73. The van der Waals surface area contributed by atoms with Crippen LogP contribution in [0.4, 0.5) is 4.39 Å². The molecule has 1 aromatic carbocycles. The van der Waals surface area contributed by atoms with Crippen molar-refractivity contribution in [2.24, 2.45) is 0 Å². The number of rotatable bonds is 3. The van der Waals surface area contributed by atoms with Gasteiger partial charge in [0.25, 0.3) is 0 Å². The highest BCUT2D eigenvalue weighted by Gasteiger charge is 2.31. The molecule has 4 heteroatoms. The highest BCUT2D eigenvalue weighted by molar-refractivity contribution is 9.10. The Hall–Kier alpha value is -0.740. The molecular formula is C11H12BrFO2. The molecule has 1 N–H and O–H groups in total. The summed E-state index contributed by atoms with van der Waals surface area (Å²) in [6.45, 7) is 3.06. The van der Waals surface area contributed by atoms with E-state index in [-0.39, 0.29) is 16.5 Å². The molecule has 0 spiro atoms. The highest BCUT2D eigenvalue weighted by Crippen LogP contribution is 2.23. The standard InChI is InChI=1S/C11H12BrFO2/c1-3-11(2,15)10(14)7-5-4-6-8(12)9(7)13/h4-6,15H,3H2,1-2H3. The number of aliphatic hydroxyl groups is 1. The van der Waals surface area contributed by atoms with Crippen molar-refractivity contribution in [3.8, 4) is 0 Å². The summed E-state index contributed by atoms with van der Waals surface area (Å²) in [5.74, 6) is -1.22. The van der Waals surface area contributed by atoms with Gasteiger partial charge >= 0.3 is 0 Å². The predicted octanol–water partition coefficient (Wildman–Crippen LogP) is 2.93. The maximum Gasteiger partial charge on any atom is 0.197 e. The Morgan fingerprint density at radius 2 is 2.20 bits per heavy atom. The van der Waals surface area contributed by atoms with Crippen LogP contribution in [-0.4, -0.2) is 16.5 Å². The number of ketones is 1. The first-order valence-corrected chi connectivity index (χ1v) is 5.40. The van der Waals surface area contributed by atoms with Crippen LogP contribution in [0.3, 0.4) is 0 Å². The van der Waals surface area contributed by atoms with E-state index in [1.165, 1.54) is 19.1 Å². The number of hydrogen-bond acceptors (Lipinski definition) is 2. The Morgan fingerprint density at radius 3 is 2.73 bits per heavy atom. The van der Waals surface area contributed by atoms with Gasteiger partial charge in [-0.25, -0.2) is 4.39 Å². The number of carbonyl (C=O) groups is 1. The fourth-order valence-corrected chi connectivity index (χ4v) is 1.50. The van der Waals surface area contributed by atoms with Crippen molar-refractivity contribution in [1.82, 2.24) is 0 Å². The van der Waals surface area contributed by atoms with Gasteiger partial charge in [-0.15, -0.1) is 0 Å². The molecule has 0 heterocycles. The third kappa shape index (κ3) is 2.44. The molecule has 15 heavy (non-hydrogen) atoms. The molecule has 0 saturated carbocycles. The molecule has 0 aliphatic carbocycles. The Kier molecular flexibility index (Phi) is 3.62. The van der Waals surface area contributed by atoms with E-state index in [1.54, 1.807) is 13.0 Å². The smallest absolute Gasteiger partial charge is 0.197 e. The monoisotopic (exact) mass is 274 g/mol. The van der Waals surface area contributed by atoms with Crippen LogP contribution >= 0.6 is 15.9 Å². The molecule has 1 atom stereocenters. The van der Waals surface area contributed by atoms with Crippen LogP contribution in [0, 0.1) is 5.82 Å². The van der Waals surface area contributed by atoms with Crippen molar-refractivity contribution in [3.63, 3.8) is 0 Å². The summed E-state index contributed by atoms with van der Waals surface area (Å²) in [6.07, 6.45) is 0.248. The molecular weight excluding hydrogens is 263 g/mol. The van der Waals surface area contributed by atoms with Crippen LogP contribution in [0.2, 0.25) is 0 Å². The molecule has 1 unspecified atom stereocenters. The van der Waals surface area contributed by atoms with Gasteiger partial charge in [-0.05, 0) is 41.4 Å². The van der Waals surface area contributed by atoms with E-state index in [0.29, 0.717) is 0 Å². The second-order valence-electron chi connectivity index (χ2n) is 3.56. The van der Waals surface area contributed by atoms with Crippen molar-refractivity contribution in [1.29, 1.82) is 0 Å². The average Bonchev–Trinajstić information content (AvgIpc) is 2.21. The minimum absolute atomic E-state index is 0.0868. The Balaban J connectivity index is 3.18. The van der Waals surface area contributed by atoms with Crippen molar-refractivity contribution in [2.45, 2.75) is 25.9 Å². The molecule has 2 nitrogen and oxygen atoms in total. The van der Waals surface area contributed by atoms with Gasteiger partial charge in [-0.3, -0.25) is 4.79 Å². The third-order valence-electron chi connectivity index (χ3n) is 2.37. The first-order valence-electron chi connectivity index (χ1n) is 4.61. The lowest BCUT2D eigenvalue weighted by Crippen LogP contribution is -2.34. The largest absolute Gasteiger partial charge is 0.382 e. The molecule has 0 aromatic heterocycles. The lowest BCUT2D eigenvalue weighted by molar-refractivity contribution is 0.0386. The number of carbonyl (C=O) groups excluding carboxylic acids is 1. The third-order valence-corrected chi connectivity index (χ3v) is 2.99. The van der Waals surface area contributed by atoms with Gasteiger partial charge in [0.15, 0.2) is 5.78 Å². The maximum atomic E-state index is 13.5. The summed E-state index contributed by atoms with van der Waals surface area (Å²) in [7, 11) is 0. The summed E-state index contributed by atoms with van der Waals surface area (Å²) in [5.41, 5.74) is -1.60. The first-order chi connectivity index (χ1) is 6.90. The lowest BCUT2D eigenvalue weighted by atomic mass is 9.92. The second-order valence-corrected chi connectivity index (χ2v) is 4.41. The van der Waals surface area contributed by atoms with E-state index >= 15 is 0 Å². The molecule has 0 bridgehead atoms. The van der Waals surface area contributed by atoms with Gasteiger partial charge < -0.3 is 5.11 Å². The second kappa shape index (κ2) is 4.41. The highest BCUT2D eigenvalue weighted by atomic mass is 79.9. The van der Waals surface area contributed by atoms with E-state index < -0.39 is 17.2 Å². The Morgan fingerprint density at radius 1 is 1.60 bits per heavy atom. The van der Waals surface area contributed by atoms with Gasteiger partial charge in [0.1, 0.15) is 11.4 Å². The number of hydrogen-bond donors (Lipinski definition) is 1. The van der Waals surface area contributed by atoms with Crippen LogP contribution in [0.1, 0.15) is 30.6 Å². The van der Waals surface area contributed by atoms with Gasteiger partial charge in [0.05, 0.1) is 10.0 Å². The Labute approximate surface area is 96.2 Å². The van der Waals surface area contributed by atoms with Crippen LogP contribution < -0.4 is 0 Å². The van der Waals surface area contributed by atoms with Gasteiger partial charge in [-0.2, -0.15) is 0 Å². The quantitative estimate of drug-likeness (QED) is 0.861. The normalized spacial score (nSPS) is 14.7. The van der Waals surface area contributed by atoms with Crippen molar-refractivity contribution in [3.05, 3.63) is 34.1 Å². The minimum atomic E-state index is -1.51. The number of benzene rings is 1. The van der Waals surface area contributed by atoms with E-state index in [0.717, 1.165) is 0 Å². The van der Waals surface area contributed by atoms with Crippen molar-refractivity contribution in [2.75, 3.05) is 0 Å². The molecule has 0 amide bonds. The number of Topliss-reactive ketones (excluding diaryl/α,β-unsaturated/α-hetero) is 1. The lowest BCUT2D eigenvalue weighted by Gasteiger charge is -2.19. The van der Waals surface area contributed by atoms with E-state index in [9.17, 15) is 14.3 Å². The molecule has 1 aromatic rings. The van der Waals surface area contributed by atoms with Crippen LogP contribution in [0.15, 0.2) is 22.7 Å². The first kappa shape index (κ1) is 12.3. The SMILES string of the molecule is CCC(C)(O)C(=O)c1cccc(Br)c1F. The summed E-state index contributed by atoms with van der Waals surface area (Å²) >= 11 is 2.99. The van der Waals surface area contributed by atoms with E-state index in [1.807, 2.05) is 0 Å². The Bertz CT molecular complexity index is 388. The van der Waals surface area contributed by atoms with Crippen molar-refractivity contribution >= 4 is 21.7 Å². The molecule has 82 valence electrons. The molecule has 0 saturated heterocycles. The minimum Gasteiger partial charge on any atom is -0.382 e. The fraction of sp³-hybridized carbons (Fsp3) is 0.364. The van der Waals surface area contributed by atoms with Crippen molar-refractivity contribution < 1.29 is 14.3 Å². The molecule has 0 aliphatic heterocycles. The molecule has 0 aliphatic rings.